The molecule has 0 aliphatic carbocycles. The van der Waals surface area contributed by atoms with E-state index in [1.54, 1.807) is 33.0 Å². The van der Waals surface area contributed by atoms with Crippen molar-refractivity contribution in [3.05, 3.63) is 41.2 Å². The molecule has 0 aliphatic heterocycles. The molecule has 0 radical (unpaired) electrons. The molecule has 122 valence electrons. The number of nitrogens with zero attached hydrogens (tertiary/aromatic N) is 2. The molecule has 5 nitrogen and oxygen atoms in total. The Morgan fingerprint density at radius 1 is 1.26 bits per heavy atom. The van der Waals surface area contributed by atoms with Crippen LogP contribution in [0.3, 0.4) is 0 Å². The molecule has 0 saturated heterocycles. The monoisotopic (exact) mass is 339 g/mol. The molecule has 1 heterocycles. The highest BCUT2D eigenvalue weighted by Gasteiger charge is 2.24. The Morgan fingerprint density at radius 2 is 1.91 bits per heavy atom. The SMILES string of the molecule is Cc1nn(C)c(C)c1C(=O)C(=O)Nc1ccccc1SC(F)F. The number of ketones is 1. The van der Waals surface area contributed by atoms with Crippen LogP contribution in [-0.2, 0) is 11.8 Å². The summed E-state index contributed by atoms with van der Waals surface area (Å²) in [5.41, 5.74) is 1.41. The highest BCUT2D eigenvalue weighted by Crippen LogP contribution is 2.31. The fraction of sp³-hybridized carbons (Fsp3) is 0.267. The van der Waals surface area contributed by atoms with Gasteiger partial charge in [0.1, 0.15) is 0 Å². The zero-order valence-corrected chi connectivity index (χ0v) is 13.6. The highest BCUT2D eigenvalue weighted by molar-refractivity contribution is 7.99. The van der Waals surface area contributed by atoms with Gasteiger partial charge in [-0.2, -0.15) is 13.9 Å². The summed E-state index contributed by atoms with van der Waals surface area (Å²) in [6, 6.07) is 6.10. The maximum atomic E-state index is 12.5. The highest BCUT2D eigenvalue weighted by atomic mass is 32.2. The summed E-state index contributed by atoms with van der Waals surface area (Å²) in [5, 5.41) is 6.49. The summed E-state index contributed by atoms with van der Waals surface area (Å²) in [6.07, 6.45) is 0. The van der Waals surface area contributed by atoms with Crippen LogP contribution in [0.15, 0.2) is 29.2 Å². The predicted molar refractivity (Wildman–Crippen MR) is 83.9 cm³/mol. The van der Waals surface area contributed by atoms with Gasteiger partial charge in [0.2, 0.25) is 0 Å². The third-order valence-electron chi connectivity index (χ3n) is 3.29. The number of aryl methyl sites for hydroxylation is 2. The lowest BCUT2D eigenvalue weighted by Gasteiger charge is -2.10. The first-order chi connectivity index (χ1) is 10.8. The number of aromatic nitrogens is 2. The second-order valence-corrected chi connectivity index (χ2v) is 5.86. The van der Waals surface area contributed by atoms with Gasteiger partial charge in [0.15, 0.2) is 0 Å². The van der Waals surface area contributed by atoms with Gasteiger partial charge in [0.25, 0.3) is 17.4 Å². The lowest BCUT2D eigenvalue weighted by Crippen LogP contribution is -2.24. The van der Waals surface area contributed by atoms with Gasteiger partial charge in [-0.3, -0.25) is 14.3 Å². The van der Waals surface area contributed by atoms with Crippen LogP contribution in [0, 0.1) is 13.8 Å². The van der Waals surface area contributed by atoms with Crippen molar-refractivity contribution in [2.24, 2.45) is 7.05 Å². The first-order valence-electron chi connectivity index (χ1n) is 6.71. The van der Waals surface area contributed by atoms with Gasteiger partial charge in [0.05, 0.1) is 16.9 Å². The second kappa shape index (κ2) is 6.91. The summed E-state index contributed by atoms with van der Waals surface area (Å²) in [6.45, 7) is 3.31. The van der Waals surface area contributed by atoms with Crippen molar-refractivity contribution in [3.8, 4) is 0 Å². The maximum absolute atomic E-state index is 12.5. The van der Waals surface area contributed by atoms with Crippen molar-refractivity contribution in [1.29, 1.82) is 0 Å². The molecule has 0 saturated carbocycles. The van der Waals surface area contributed by atoms with Crippen LogP contribution in [-0.4, -0.2) is 27.2 Å². The van der Waals surface area contributed by atoms with Gasteiger partial charge < -0.3 is 5.32 Å². The fourth-order valence-corrected chi connectivity index (χ4v) is 2.76. The first-order valence-corrected chi connectivity index (χ1v) is 7.59. The predicted octanol–water partition coefficient (Wildman–Crippen LogP) is 3.17. The quantitative estimate of drug-likeness (QED) is 0.516. The minimum Gasteiger partial charge on any atom is -0.318 e. The molecular formula is C15H15F2N3O2S. The molecule has 1 N–H and O–H groups in total. The van der Waals surface area contributed by atoms with Crippen LogP contribution >= 0.6 is 11.8 Å². The Kier molecular flexibility index (Phi) is 5.15. The molecule has 1 amide bonds. The van der Waals surface area contributed by atoms with E-state index >= 15 is 0 Å². The number of thioether (sulfide) groups is 1. The number of hydrogen-bond donors (Lipinski definition) is 1. The fourth-order valence-electron chi connectivity index (χ4n) is 2.16. The van der Waals surface area contributed by atoms with E-state index in [1.165, 1.54) is 16.8 Å². The number of carbonyl (C=O) groups excluding carboxylic acids is 2. The third kappa shape index (κ3) is 3.76. The van der Waals surface area contributed by atoms with Gasteiger partial charge in [-0.1, -0.05) is 23.9 Å². The Balaban J connectivity index is 2.24. The third-order valence-corrected chi connectivity index (χ3v) is 4.08. The van der Waals surface area contributed by atoms with E-state index in [-0.39, 0.29) is 16.1 Å². The van der Waals surface area contributed by atoms with Crippen molar-refractivity contribution in [2.75, 3.05) is 5.32 Å². The number of carbonyl (C=O) groups is 2. The number of benzene rings is 1. The molecule has 0 aliphatic rings. The van der Waals surface area contributed by atoms with Crippen molar-refractivity contribution < 1.29 is 18.4 Å². The molecule has 23 heavy (non-hydrogen) atoms. The lowest BCUT2D eigenvalue weighted by molar-refractivity contribution is -0.112. The minimum absolute atomic E-state index is 0.176. The van der Waals surface area contributed by atoms with Crippen LogP contribution in [0.25, 0.3) is 0 Å². The number of halogens is 2. The zero-order valence-electron chi connectivity index (χ0n) is 12.8. The number of amides is 1. The number of rotatable bonds is 5. The van der Waals surface area contributed by atoms with Gasteiger partial charge in [-0.05, 0) is 26.0 Å². The standard InChI is InChI=1S/C15H15F2N3O2S/c1-8-12(9(2)20(3)19-8)13(21)14(22)18-10-6-4-5-7-11(10)23-15(16)17/h4-7,15H,1-3H3,(H,18,22). The van der Waals surface area contributed by atoms with Crippen LogP contribution in [0.5, 0.6) is 0 Å². The number of hydrogen-bond acceptors (Lipinski definition) is 4. The normalized spacial score (nSPS) is 10.9. The van der Waals surface area contributed by atoms with Crippen molar-refractivity contribution >= 4 is 29.1 Å². The van der Waals surface area contributed by atoms with E-state index in [9.17, 15) is 18.4 Å². The van der Waals surface area contributed by atoms with E-state index in [4.69, 9.17) is 0 Å². The van der Waals surface area contributed by atoms with Crippen LogP contribution < -0.4 is 5.32 Å². The van der Waals surface area contributed by atoms with E-state index in [2.05, 4.69) is 10.4 Å². The molecule has 0 spiro atoms. The summed E-state index contributed by atoms with van der Waals surface area (Å²) in [5.74, 6) is -4.25. The average molecular weight is 339 g/mol. The summed E-state index contributed by atoms with van der Waals surface area (Å²) >= 11 is 0.309. The van der Waals surface area contributed by atoms with Gasteiger partial charge in [-0.15, -0.1) is 0 Å². The molecule has 8 heteroatoms. The number of nitrogens with one attached hydrogen (secondary N) is 1. The largest absolute Gasteiger partial charge is 0.318 e. The Hall–Kier alpha value is -2.22. The van der Waals surface area contributed by atoms with E-state index in [0.717, 1.165) is 0 Å². The number of anilines is 1. The van der Waals surface area contributed by atoms with Crippen molar-refractivity contribution in [1.82, 2.24) is 9.78 Å². The van der Waals surface area contributed by atoms with Crippen LogP contribution in [0.1, 0.15) is 21.7 Å². The zero-order chi connectivity index (χ0) is 17.1. The first kappa shape index (κ1) is 17.1. The lowest BCUT2D eigenvalue weighted by atomic mass is 10.1. The number of Topliss-reactive ketones (excluding diaryl/α,β-unsaturated/α-hetero) is 1. The second-order valence-electron chi connectivity index (χ2n) is 4.83. The maximum Gasteiger partial charge on any atom is 0.296 e. The van der Waals surface area contributed by atoms with Crippen molar-refractivity contribution in [2.45, 2.75) is 24.5 Å². The number of alkyl halides is 2. The van der Waals surface area contributed by atoms with E-state index in [1.807, 2.05) is 0 Å². The molecule has 1 aromatic heterocycles. The topological polar surface area (TPSA) is 64.0 Å². The summed E-state index contributed by atoms with van der Waals surface area (Å²) in [7, 11) is 1.67. The molecule has 0 bridgehead atoms. The molecule has 0 atom stereocenters. The smallest absolute Gasteiger partial charge is 0.296 e. The van der Waals surface area contributed by atoms with E-state index < -0.39 is 17.4 Å². The van der Waals surface area contributed by atoms with Crippen molar-refractivity contribution in [3.63, 3.8) is 0 Å². The molecule has 0 fully saturated rings. The van der Waals surface area contributed by atoms with E-state index in [0.29, 0.717) is 23.1 Å². The molecule has 0 unspecified atom stereocenters. The molecule has 2 rings (SSSR count). The van der Waals surface area contributed by atoms with Gasteiger partial charge >= 0.3 is 0 Å². The Bertz CT molecular complexity index is 759. The van der Waals surface area contributed by atoms with Gasteiger partial charge in [-0.25, -0.2) is 0 Å². The Morgan fingerprint density at radius 3 is 2.48 bits per heavy atom. The summed E-state index contributed by atoms with van der Waals surface area (Å²) < 4.78 is 26.6. The van der Waals surface area contributed by atoms with Gasteiger partial charge in [0, 0.05) is 17.6 Å². The summed E-state index contributed by atoms with van der Waals surface area (Å²) in [4.78, 5) is 24.7. The number of para-hydroxylation sites is 1. The molecular weight excluding hydrogens is 324 g/mol. The molecule has 1 aromatic carbocycles. The van der Waals surface area contributed by atoms with Crippen LogP contribution in [0.2, 0.25) is 0 Å². The average Bonchev–Trinajstić information content (AvgIpc) is 2.73. The van der Waals surface area contributed by atoms with Crippen LogP contribution in [0.4, 0.5) is 14.5 Å². The molecule has 2 aromatic rings. The Labute approximate surface area is 136 Å². The minimum atomic E-state index is -2.62.